The Bertz CT molecular complexity index is 482. The highest BCUT2D eigenvalue weighted by Gasteiger charge is 2.15. The summed E-state index contributed by atoms with van der Waals surface area (Å²) in [5.41, 5.74) is 0.994. The molecule has 0 bridgehead atoms. The van der Waals surface area contributed by atoms with E-state index < -0.39 is 0 Å². The second-order valence-corrected chi connectivity index (χ2v) is 6.07. The van der Waals surface area contributed by atoms with E-state index in [-0.39, 0.29) is 5.25 Å². The minimum Gasteiger partial charge on any atom is -0.338 e. The smallest absolute Gasteiger partial charge is 0.239 e. The lowest BCUT2D eigenvalue weighted by Gasteiger charge is -2.07. The monoisotopic (exact) mass is 262 g/mol. The van der Waals surface area contributed by atoms with Gasteiger partial charge in [0, 0.05) is 5.56 Å². The molecule has 1 unspecified atom stereocenters. The maximum atomic E-state index is 5.33. The molecular formula is C14H18N2OS. The lowest BCUT2D eigenvalue weighted by molar-refractivity contribution is 0.380. The molecule has 0 spiro atoms. The molecule has 2 aromatic rings. The van der Waals surface area contributed by atoms with E-state index >= 15 is 0 Å². The summed E-state index contributed by atoms with van der Waals surface area (Å²) in [6, 6.07) is 9.90. The van der Waals surface area contributed by atoms with Crippen molar-refractivity contribution in [1.82, 2.24) is 10.1 Å². The predicted molar refractivity (Wildman–Crippen MR) is 75.4 cm³/mol. The van der Waals surface area contributed by atoms with E-state index in [1.165, 1.54) is 0 Å². The number of benzene rings is 1. The molecule has 96 valence electrons. The Hall–Kier alpha value is -1.29. The minimum atomic E-state index is 0.248. The largest absolute Gasteiger partial charge is 0.338 e. The fraction of sp³-hybridized carbons (Fsp3) is 0.429. The van der Waals surface area contributed by atoms with Crippen LogP contribution in [0.1, 0.15) is 31.9 Å². The Kier molecular flexibility index (Phi) is 4.42. The molecule has 0 fully saturated rings. The molecule has 1 aromatic carbocycles. The third-order valence-electron chi connectivity index (χ3n) is 2.50. The van der Waals surface area contributed by atoms with Crippen LogP contribution in [0.15, 0.2) is 34.9 Å². The third-order valence-corrected chi connectivity index (χ3v) is 4.06. The number of aromatic nitrogens is 2. The standard InChI is InChI=1S/C14H18N2OS/c1-10(2)9-18-11(3)14-15-13(16-17-14)12-7-5-4-6-8-12/h4-8,10-11H,9H2,1-3H3. The molecule has 0 saturated heterocycles. The van der Waals surface area contributed by atoms with E-state index in [0.29, 0.717) is 17.6 Å². The second-order valence-electron chi connectivity index (χ2n) is 4.69. The van der Waals surface area contributed by atoms with Crippen molar-refractivity contribution in [2.45, 2.75) is 26.0 Å². The zero-order valence-electron chi connectivity index (χ0n) is 11.0. The van der Waals surface area contributed by atoms with Crippen LogP contribution in [0.4, 0.5) is 0 Å². The summed E-state index contributed by atoms with van der Waals surface area (Å²) in [5.74, 6) is 3.15. The zero-order valence-corrected chi connectivity index (χ0v) is 11.8. The Balaban J connectivity index is 2.06. The third kappa shape index (κ3) is 3.35. The topological polar surface area (TPSA) is 38.9 Å². The Labute approximate surface area is 112 Å². The van der Waals surface area contributed by atoms with Gasteiger partial charge >= 0.3 is 0 Å². The molecule has 3 nitrogen and oxygen atoms in total. The first-order valence-corrected chi connectivity index (χ1v) is 7.22. The van der Waals surface area contributed by atoms with Crippen LogP contribution in [0.3, 0.4) is 0 Å². The maximum absolute atomic E-state index is 5.33. The van der Waals surface area contributed by atoms with Crippen molar-refractivity contribution < 1.29 is 4.52 Å². The van der Waals surface area contributed by atoms with Crippen LogP contribution < -0.4 is 0 Å². The lowest BCUT2D eigenvalue weighted by atomic mass is 10.2. The minimum absolute atomic E-state index is 0.248. The van der Waals surface area contributed by atoms with E-state index in [9.17, 15) is 0 Å². The number of nitrogens with zero attached hydrogens (tertiary/aromatic N) is 2. The second kappa shape index (κ2) is 6.05. The van der Waals surface area contributed by atoms with Gasteiger partial charge in [0.2, 0.25) is 11.7 Å². The Morgan fingerprint density at radius 3 is 2.56 bits per heavy atom. The summed E-state index contributed by atoms with van der Waals surface area (Å²) in [5, 5.41) is 4.28. The van der Waals surface area contributed by atoms with Gasteiger partial charge in [0.25, 0.3) is 0 Å². The first kappa shape index (κ1) is 13.1. The van der Waals surface area contributed by atoms with E-state index in [1.54, 1.807) is 0 Å². The summed E-state index contributed by atoms with van der Waals surface area (Å²) >= 11 is 1.85. The molecule has 0 N–H and O–H groups in total. The van der Waals surface area contributed by atoms with E-state index in [1.807, 2.05) is 42.1 Å². The van der Waals surface area contributed by atoms with Gasteiger partial charge in [-0.15, -0.1) is 11.8 Å². The van der Waals surface area contributed by atoms with Crippen molar-refractivity contribution in [3.8, 4) is 11.4 Å². The van der Waals surface area contributed by atoms with Crippen molar-refractivity contribution in [3.05, 3.63) is 36.2 Å². The average molecular weight is 262 g/mol. The quantitative estimate of drug-likeness (QED) is 0.810. The van der Waals surface area contributed by atoms with Crippen molar-refractivity contribution in [2.75, 3.05) is 5.75 Å². The van der Waals surface area contributed by atoms with E-state index in [4.69, 9.17) is 4.52 Å². The van der Waals surface area contributed by atoms with E-state index in [0.717, 1.165) is 11.3 Å². The Morgan fingerprint density at radius 1 is 1.17 bits per heavy atom. The van der Waals surface area contributed by atoms with Gasteiger partial charge in [-0.25, -0.2) is 0 Å². The zero-order chi connectivity index (χ0) is 13.0. The van der Waals surface area contributed by atoms with Gasteiger partial charge in [0.05, 0.1) is 5.25 Å². The first-order chi connectivity index (χ1) is 8.66. The SMILES string of the molecule is CC(C)CSC(C)c1nc(-c2ccccc2)no1. The van der Waals surface area contributed by atoms with Crippen molar-refractivity contribution in [2.24, 2.45) is 5.92 Å². The molecule has 1 atom stereocenters. The fourth-order valence-corrected chi connectivity index (χ4v) is 2.42. The van der Waals surface area contributed by atoms with Crippen molar-refractivity contribution >= 4 is 11.8 Å². The number of thioether (sulfide) groups is 1. The molecule has 0 aliphatic heterocycles. The van der Waals surface area contributed by atoms with Crippen LogP contribution in [0.2, 0.25) is 0 Å². The molecule has 0 saturated carbocycles. The highest BCUT2D eigenvalue weighted by molar-refractivity contribution is 7.99. The van der Waals surface area contributed by atoms with E-state index in [2.05, 4.69) is 30.9 Å². The molecule has 1 heterocycles. The van der Waals surface area contributed by atoms with Crippen LogP contribution in [-0.4, -0.2) is 15.9 Å². The van der Waals surface area contributed by atoms with Crippen LogP contribution in [0, 0.1) is 5.92 Å². The van der Waals surface area contributed by atoms with Gasteiger partial charge in [-0.05, 0) is 18.6 Å². The lowest BCUT2D eigenvalue weighted by Crippen LogP contribution is -1.96. The van der Waals surface area contributed by atoms with Gasteiger partial charge in [-0.3, -0.25) is 0 Å². The molecule has 0 aliphatic carbocycles. The molecule has 18 heavy (non-hydrogen) atoms. The Morgan fingerprint density at radius 2 is 1.89 bits per heavy atom. The van der Waals surface area contributed by atoms with Crippen LogP contribution >= 0.6 is 11.8 Å². The molecule has 2 rings (SSSR count). The molecule has 0 amide bonds. The first-order valence-electron chi connectivity index (χ1n) is 6.17. The highest BCUT2D eigenvalue weighted by Crippen LogP contribution is 2.29. The number of rotatable bonds is 5. The highest BCUT2D eigenvalue weighted by atomic mass is 32.2. The van der Waals surface area contributed by atoms with Gasteiger partial charge < -0.3 is 4.52 Å². The van der Waals surface area contributed by atoms with Crippen LogP contribution in [0.5, 0.6) is 0 Å². The summed E-state index contributed by atoms with van der Waals surface area (Å²) < 4.78 is 5.33. The molecule has 4 heteroatoms. The summed E-state index contributed by atoms with van der Waals surface area (Å²) in [4.78, 5) is 4.46. The number of hydrogen-bond acceptors (Lipinski definition) is 4. The van der Waals surface area contributed by atoms with Crippen LogP contribution in [0.25, 0.3) is 11.4 Å². The fourth-order valence-electron chi connectivity index (χ4n) is 1.51. The van der Waals surface area contributed by atoms with Crippen molar-refractivity contribution in [1.29, 1.82) is 0 Å². The summed E-state index contributed by atoms with van der Waals surface area (Å²) in [6.45, 7) is 6.53. The molecule has 1 aromatic heterocycles. The van der Waals surface area contributed by atoms with Crippen LogP contribution in [-0.2, 0) is 0 Å². The molecule has 0 radical (unpaired) electrons. The maximum Gasteiger partial charge on any atom is 0.239 e. The predicted octanol–water partition coefficient (Wildman–Crippen LogP) is 4.19. The number of hydrogen-bond donors (Lipinski definition) is 0. The summed E-state index contributed by atoms with van der Waals surface area (Å²) in [6.07, 6.45) is 0. The molecule has 0 aliphatic rings. The average Bonchev–Trinajstić information content (AvgIpc) is 2.86. The van der Waals surface area contributed by atoms with Gasteiger partial charge in [-0.1, -0.05) is 49.3 Å². The normalized spacial score (nSPS) is 12.9. The summed E-state index contributed by atoms with van der Waals surface area (Å²) in [7, 11) is 0. The van der Waals surface area contributed by atoms with Gasteiger partial charge in [-0.2, -0.15) is 4.98 Å². The van der Waals surface area contributed by atoms with Gasteiger partial charge in [0.15, 0.2) is 0 Å². The van der Waals surface area contributed by atoms with Crippen molar-refractivity contribution in [3.63, 3.8) is 0 Å². The van der Waals surface area contributed by atoms with Gasteiger partial charge in [0.1, 0.15) is 0 Å². The molecular weight excluding hydrogens is 244 g/mol.